The van der Waals surface area contributed by atoms with Crippen molar-refractivity contribution in [1.82, 2.24) is 0 Å². The number of nitrogens with one attached hydrogen (secondary N) is 2. The van der Waals surface area contributed by atoms with E-state index in [0.29, 0.717) is 0 Å². The first-order valence-electron chi connectivity index (χ1n) is 7.32. The van der Waals surface area contributed by atoms with Crippen LogP contribution in [0.15, 0.2) is 53.4 Å². The number of hydrogen-bond acceptors (Lipinski definition) is 4. The van der Waals surface area contributed by atoms with Crippen LogP contribution in [0, 0.1) is 5.41 Å². The lowest BCUT2D eigenvalue weighted by atomic mass is 9.95. The van der Waals surface area contributed by atoms with E-state index in [0.717, 1.165) is 0 Å². The molecule has 0 bridgehead atoms. The highest BCUT2D eigenvalue weighted by Crippen LogP contribution is 2.29. The minimum absolute atomic E-state index is 0.120. The molecule has 0 saturated carbocycles. The molecule has 0 aliphatic carbocycles. The molecule has 2 rings (SSSR count). The Hall–Kier alpha value is -2.54. The van der Waals surface area contributed by atoms with Gasteiger partial charge in [0.05, 0.1) is 16.3 Å². The third-order valence-electron chi connectivity index (χ3n) is 3.23. The molecule has 6 nitrogen and oxygen atoms in total. The zero-order valence-electron chi connectivity index (χ0n) is 13.7. The van der Waals surface area contributed by atoms with E-state index >= 15 is 0 Å². The quantitative estimate of drug-likeness (QED) is 0.740. The molecule has 0 atom stereocenters. The second kappa shape index (κ2) is 6.52. The van der Waals surface area contributed by atoms with Crippen molar-refractivity contribution in [3.05, 3.63) is 48.5 Å². The van der Waals surface area contributed by atoms with Gasteiger partial charge in [-0.1, -0.05) is 39.0 Å². The number of aromatic hydroxyl groups is 1. The van der Waals surface area contributed by atoms with Crippen molar-refractivity contribution < 1.29 is 18.3 Å². The Morgan fingerprint density at radius 3 is 2.21 bits per heavy atom. The maximum Gasteiger partial charge on any atom is 0.261 e. The third-order valence-corrected chi connectivity index (χ3v) is 4.63. The highest BCUT2D eigenvalue weighted by Gasteiger charge is 2.22. The number of phenols is 1. The smallest absolute Gasteiger partial charge is 0.261 e. The number of benzene rings is 2. The van der Waals surface area contributed by atoms with E-state index in [1.54, 1.807) is 39.0 Å². The Labute approximate surface area is 141 Å². The van der Waals surface area contributed by atoms with E-state index in [4.69, 9.17) is 0 Å². The average Bonchev–Trinajstić information content (AvgIpc) is 2.49. The summed E-state index contributed by atoms with van der Waals surface area (Å²) in [5, 5.41) is 12.6. The molecule has 0 unspecified atom stereocenters. The Kier molecular flexibility index (Phi) is 4.84. The highest BCUT2D eigenvalue weighted by molar-refractivity contribution is 7.92. The van der Waals surface area contributed by atoms with Crippen molar-refractivity contribution in [2.45, 2.75) is 25.7 Å². The van der Waals surface area contributed by atoms with Gasteiger partial charge in [-0.05, 0) is 24.3 Å². The zero-order valence-corrected chi connectivity index (χ0v) is 14.5. The first-order chi connectivity index (χ1) is 11.1. The van der Waals surface area contributed by atoms with Gasteiger partial charge in [0.25, 0.3) is 10.0 Å². The van der Waals surface area contributed by atoms with Gasteiger partial charge in [0.15, 0.2) is 0 Å². The predicted molar refractivity (Wildman–Crippen MR) is 93.4 cm³/mol. The first kappa shape index (κ1) is 17.8. The van der Waals surface area contributed by atoms with E-state index < -0.39 is 15.4 Å². The van der Waals surface area contributed by atoms with Crippen molar-refractivity contribution >= 4 is 27.3 Å². The van der Waals surface area contributed by atoms with Crippen LogP contribution in [0.25, 0.3) is 0 Å². The van der Waals surface area contributed by atoms with Crippen LogP contribution in [0.2, 0.25) is 0 Å². The zero-order chi connectivity index (χ0) is 18.0. The molecule has 1 amide bonds. The highest BCUT2D eigenvalue weighted by atomic mass is 32.2. The molecule has 2 aromatic carbocycles. The Morgan fingerprint density at radius 1 is 1.04 bits per heavy atom. The van der Waals surface area contributed by atoms with Gasteiger partial charge in [-0.25, -0.2) is 8.42 Å². The summed E-state index contributed by atoms with van der Waals surface area (Å²) in [7, 11) is -3.74. The molecule has 0 aliphatic rings. The first-order valence-corrected chi connectivity index (χ1v) is 8.80. The number of sulfonamides is 1. The van der Waals surface area contributed by atoms with Crippen molar-refractivity contribution in [3.8, 4) is 5.75 Å². The molecule has 128 valence electrons. The summed E-state index contributed by atoms with van der Waals surface area (Å²) < 4.78 is 26.9. The average molecular weight is 348 g/mol. The van der Waals surface area contributed by atoms with Crippen molar-refractivity contribution in [1.29, 1.82) is 0 Å². The fourth-order valence-corrected chi connectivity index (χ4v) is 2.89. The minimum Gasteiger partial charge on any atom is -0.506 e. The summed E-state index contributed by atoms with van der Waals surface area (Å²) in [4.78, 5) is 12.1. The maximum atomic E-state index is 12.2. The fraction of sp³-hybridized carbons (Fsp3) is 0.235. The van der Waals surface area contributed by atoms with Gasteiger partial charge < -0.3 is 10.4 Å². The molecular formula is C17H20N2O4S. The van der Waals surface area contributed by atoms with Crippen molar-refractivity contribution in [3.63, 3.8) is 0 Å². The number of hydrogen-bond donors (Lipinski definition) is 3. The molecule has 2 aromatic rings. The summed E-state index contributed by atoms with van der Waals surface area (Å²) in [5.74, 6) is -0.476. The molecule has 7 heteroatoms. The summed E-state index contributed by atoms with van der Waals surface area (Å²) in [6.45, 7) is 5.26. The van der Waals surface area contributed by atoms with Crippen LogP contribution in [-0.2, 0) is 14.8 Å². The fourth-order valence-electron chi connectivity index (χ4n) is 1.82. The van der Waals surface area contributed by atoms with Gasteiger partial charge >= 0.3 is 0 Å². The number of rotatable bonds is 4. The summed E-state index contributed by atoms with van der Waals surface area (Å²) >= 11 is 0. The van der Waals surface area contributed by atoms with Crippen LogP contribution in [0.3, 0.4) is 0 Å². The lowest BCUT2D eigenvalue weighted by Gasteiger charge is -2.18. The predicted octanol–water partition coefficient (Wildman–Crippen LogP) is 3.18. The lowest BCUT2D eigenvalue weighted by Crippen LogP contribution is -2.27. The van der Waals surface area contributed by atoms with E-state index in [1.807, 2.05) is 0 Å². The van der Waals surface area contributed by atoms with E-state index in [1.165, 1.54) is 30.3 Å². The molecule has 0 fully saturated rings. The number of amides is 1. The van der Waals surface area contributed by atoms with Gasteiger partial charge in [-0.15, -0.1) is 0 Å². The normalized spacial score (nSPS) is 11.8. The van der Waals surface area contributed by atoms with Gasteiger partial charge in [-0.3, -0.25) is 9.52 Å². The minimum atomic E-state index is -3.74. The van der Waals surface area contributed by atoms with Crippen LogP contribution in [-0.4, -0.2) is 19.4 Å². The Bertz CT molecular complexity index is 841. The van der Waals surface area contributed by atoms with Gasteiger partial charge in [0, 0.05) is 11.5 Å². The van der Waals surface area contributed by atoms with E-state index in [-0.39, 0.29) is 27.9 Å². The molecule has 0 aliphatic heterocycles. The van der Waals surface area contributed by atoms with Crippen LogP contribution < -0.4 is 10.0 Å². The number of anilines is 2. The van der Waals surface area contributed by atoms with Gasteiger partial charge in [0.2, 0.25) is 5.91 Å². The van der Waals surface area contributed by atoms with E-state index in [2.05, 4.69) is 10.0 Å². The van der Waals surface area contributed by atoms with Crippen LogP contribution in [0.5, 0.6) is 5.75 Å². The monoisotopic (exact) mass is 348 g/mol. The SMILES string of the molecule is CC(C)(C)C(=O)Nc1ccc(NS(=O)(=O)c2ccccc2)cc1O. The molecular weight excluding hydrogens is 328 g/mol. The largest absolute Gasteiger partial charge is 0.506 e. The van der Waals surface area contributed by atoms with Crippen LogP contribution in [0.4, 0.5) is 11.4 Å². The van der Waals surface area contributed by atoms with Crippen LogP contribution >= 0.6 is 0 Å². The molecule has 0 heterocycles. The Balaban J connectivity index is 2.20. The summed E-state index contributed by atoms with van der Waals surface area (Å²) in [6, 6.07) is 12.1. The number of carbonyl (C=O) groups excluding carboxylic acids is 1. The molecule has 0 saturated heterocycles. The molecule has 3 N–H and O–H groups in total. The number of carbonyl (C=O) groups is 1. The maximum absolute atomic E-state index is 12.2. The number of phenolic OH excluding ortho intramolecular Hbond substituents is 1. The Morgan fingerprint density at radius 2 is 1.67 bits per heavy atom. The third kappa shape index (κ3) is 4.26. The molecule has 0 spiro atoms. The molecule has 0 aromatic heterocycles. The van der Waals surface area contributed by atoms with Gasteiger partial charge in [0.1, 0.15) is 5.75 Å². The lowest BCUT2D eigenvalue weighted by molar-refractivity contribution is -0.123. The second-order valence-corrected chi connectivity index (χ2v) is 8.04. The second-order valence-electron chi connectivity index (χ2n) is 6.35. The van der Waals surface area contributed by atoms with E-state index in [9.17, 15) is 18.3 Å². The topological polar surface area (TPSA) is 95.5 Å². The summed E-state index contributed by atoms with van der Waals surface area (Å²) in [5.41, 5.74) is -0.192. The molecule has 0 radical (unpaired) electrons. The van der Waals surface area contributed by atoms with Crippen molar-refractivity contribution in [2.24, 2.45) is 5.41 Å². The van der Waals surface area contributed by atoms with Crippen molar-refractivity contribution in [2.75, 3.05) is 10.0 Å². The molecule has 24 heavy (non-hydrogen) atoms. The summed E-state index contributed by atoms with van der Waals surface area (Å²) in [6.07, 6.45) is 0. The van der Waals surface area contributed by atoms with Crippen LogP contribution in [0.1, 0.15) is 20.8 Å². The standard InChI is InChI=1S/C17H20N2O4S/c1-17(2,3)16(21)18-14-10-9-12(11-15(14)20)19-24(22,23)13-7-5-4-6-8-13/h4-11,19-20H,1-3H3,(H,18,21). The van der Waals surface area contributed by atoms with Gasteiger partial charge in [-0.2, -0.15) is 0 Å².